The smallest absolute Gasteiger partial charge is 0.323 e. The van der Waals surface area contributed by atoms with Crippen LogP contribution in [0.1, 0.15) is 32.8 Å². The summed E-state index contributed by atoms with van der Waals surface area (Å²) in [6, 6.07) is 9.16. The van der Waals surface area contributed by atoms with E-state index >= 15 is 0 Å². The van der Waals surface area contributed by atoms with Crippen LogP contribution < -0.4 is 5.73 Å². The number of rotatable bonds is 5. The lowest BCUT2D eigenvalue weighted by Gasteiger charge is -2.18. The first-order valence-electron chi connectivity index (χ1n) is 6.34. The molecule has 0 bridgehead atoms. The highest BCUT2D eigenvalue weighted by Gasteiger charge is 2.17. The minimum atomic E-state index is -0.577. The second-order valence-corrected chi connectivity index (χ2v) is 5.77. The van der Waals surface area contributed by atoms with Crippen molar-refractivity contribution in [2.24, 2.45) is 11.1 Å². The van der Waals surface area contributed by atoms with Crippen LogP contribution >= 0.6 is 0 Å². The van der Waals surface area contributed by atoms with Crippen LogP contribution in [-0.4, -0.2) is 18.6 Å². The second-order valence-electron chi connectivity index (χ2n) is 5.77. The first kappa shape index (κ1) is 14.7. The lowest BCUT2D eigenvalue weighted by Crippen LogP contribution is -2.34. The van der Waals surface area contributed by atoms with E-state index in [2.05, 4.69) is 20.8 Å². The summed E-state index contributed by atoms with van der Waals surface area (Å²) in [5, 5.41) is 0. The van der Waals surface area contributed by atoms with E-state index in [1.54, 1.807) is 0 Å². The predicted molar refractivity (Wildman–Crippen MR) is 73.2 cm³/mol. The molecule has 1 rings (SSSR count). The zero-order valence-electron chi connectivity index (χ0n) is 11.5. The molecule has 0 spiro atoms. The monoisotopic (exact) mass is 249 g/mol. The fourth-order valence-electron chi connectivity index (χ4n) is 1.52. The highest BCUT2D eigenvalue weighted by Crippen LogP contribution is 2.18. The molecule has 0 aliphatic carbocycles. The number of nitrogens with two attached hydrogens (primary N) is 1. The molecule has 0 saturated heterocycles. The molecule has 100 valence electrons. The molecule has 0 fully saturated rings. The van der Waals surface area contributed by atoms with Crippen LogP contribution in [0.25, 0.3) is 0 Å². The number of carbonyl (C=O) groups is 1. The molecule has 2 N–H and O–H groups in total. The molecule has 1 atom stereocenters. The van der Waals surface area contributed by atoms with Gasteiger partial charge in [-0.1, -0.05) is 51.1 Å². The van der Waals surface area contributed by atoms with E-state index in [1.807, 2.05) is 30.3 Å². The molecule has 0 saturated carbocycles. The van der Waals surface area contributed by atoms with Crippen molar-refractivity contribution in [2.75, 3.05) is 6.61 Å². The Kier molecular flexibility index (Phi) is 5.35. The minimum absolute atomic E-state index is 0.170. The maximum Gasteiger partial charge on any atom is 0.323 e. The SMILES string of the molecule is CC(C)(C)CCOC(=O)C(N)Cc1ccccc1. The lowest BCUT2D eigenvalue weighted by atomic mass is 9.93. The molecule has 1 aromatic rings. The van der Waals surface area contributed by atoms with Crippen molar-refractivity contribution in [3.63, 3.8) is 0 Å². The third-order valence-corrected chi connectivity index (χ3v) is 2.70. The van der Waals surface area contributed by atoms with E-state index in [0.29, 0.717) is 13.0 Å². The molecular weight excluding hydrogens is 226 g/mol. The molecule has 0 aliphatic heterocycles. The molecule has 0 aliphatic rings. The molecule has 3 nitrogen and oxygen atoms in total. The third-order valence-electron chi connectivity index (χ3n) is 2.70. The number of benzene rings is 1. The summed E-state index contributed by atoms with van der Waals surface area (Å²) in [4.78, 5) is 11.7. The Morgan fingerprint density at radius 2 is 1.89 bits per heavy atom. The van der Waals surface area contributed by atoms with Crippen molar-refractivity contribution in [3.05, 3.63) is 35.9 Å². The molecule has 0 heterocycles. The summed E-state index contributed by atoms with van der Waals surface area (Å²) in [5.74, 6) is -0.317. The number of hydrogen-bond donors (Lipinski definition) is 1. The van der Waals surface area contributed by atoms with Crippen molar-refractivity contribution < 1.29 is 9.53 Å². The van der Waals surface area contributed by atoms with Crippen molar-refractivity contribution >= 4 is 5.97 Å². The van der Waals surface area contributed by atoms with Crippen LogP contribution in [-0.2, 0) is 16.0 Å². The first-order chi connectivity index (χ1) is 8.38. The van der Waals surface area contributed by atoms with Gasteiger partial charge in [0.05, 0.1) is 6.61 Å². The van der Waals surface area contributed by atoms with Crippen LogP contribution in [0.5, 0.6) is 0 Å². The topological polar surface area (TPSA) is 52.3 Å². The predicted octanol–water partition coefficient (Wildman–Crippen LogP) is 2.54. The average molecular weight is 249 g/mol. The number of esters is 1. The highest BCUT2D eigenvalue weighted by atomic mass is 16.5. The van der Waals surface area contributed by atoms with Crippen LogP contribution in [0.4, 0.5) is 0 Å². The fraction of sp³-hybridized carbons (Fsp3) is 0.533. The van der Waals surface area contributed by atoms with Gasteiger partial charge in [-0.3, -0.25) is 4.79 Å². The van der Waals surface area contributed by atoms with Crippen LogP contribution in [0.2, 0.25) is 0 Å². The summed E-state index contributed by atoms with van der Waals surface area (Å²) in [7, 11) is 0. The van der Waals surface area contributed by atoms with Gasteiger partial charge in [-0.15, -0.1) is 0 Å². The summed E-state index contributed by atoms with van der Waals surface area (Å²) < 4.78 is 5.19. The molecule has 3 heteroatoms. The van der Waals surface area contributed by atoms with Gasteiger partial charge in [0.2, 0.25) is 0 Å². The number of ether oxygens (including phenoxy) is 1. The van der Waals surface area contributed by atoms with Crippen molar-refractivity contribution in [3.8, 4) is 0 Å². The van der Waals surface area contributed by atoms with Gasteiger partial charge in [0, 0.05) is 0 Å². The van der Waals surface area contributed by atoms with E-state index < -0.39 is 6.04 Å². The first-order valence-corrected chi connectivity index (χ1v) is 6.34. The Bertz CT molecular complexity index is 368. The van der Waals surface area contributed by atoms with Crippen molar-refractivity contribution in [1.29, 1.82) is 0 Å². The van der Waals surface area contributed by atoms with Gasteiger partial charge in [-0.2, -0.15) is 0 Å². The maximum absolute atomic E-state index is 11.7. The van der Waals surface area contributed by atoms with Gasteiger partial charge in [0.25, 0.3) is 0 Å². The molecule has 1 unspecified atom stereocenters. The van der Waals surface area contributed by atoms with Crippen LogP contribution in [0.3, 0.4) is 0 Å². The van der Waals surface area contributed by atoms with Crippen LogP contribution in [0, 0.1) is 5.41 Å². The van der Waals surface area contributed by atoms with Gasteiger partial charge in [-0.25, -0.2) is 0 Å². The Hall–Kier alpha value is -1.35. The Morgan fingerprint density at radius 1 is 1.28 bits per heavy atom. The van der Waals surface area contributed by atoms with Gasteiger partial charge in [0.1, 0.15) is 6.04 Å². The van der Waals surface area contributed by atoms with Gasteiger partial charge in [-0.05, 0) is 23.8 Å². The van der Waals surface area contributed by atoms with Gasteiger partial charge in [0.15, 0.2) is 0 Å². The fourth-order valence-corrected chi connectivity index (χ4v) is 1.52. The Morgan fingerprint density at radius 3 is 2.44 bits per heavy atom. The van der Waals surface area contributed by atoms with Gasteiger partial charge >= 0.3 is 5.97 Å². The van der Waals surface area contributed by atoms with Crippen molar-refractivity contribution in [2.45, 2.75) is 39.7 Å². The van der Waals surface area contributed by atoms with E-state index in [0.717, 1.165) is 12.0 Å². The minimum Gasteiger partial charge on any atom is -0.465 e. The van der Waals surface area contributed by atoms with E-state index in [1.165, 1.54) is 0 Å². The van der Waals surface area contributed by atoms with E-state index in [9.17, 15) is 4.79 Å². The molecule has 0 aromatic heterocycles. The van der Waals surface area contributed by atoms with E-state index in [-0.39, 0.29) is 11.4 Å². The summed E-state index contributed by atoms with van der Waals surface area (Å²) in [6.45, 7) is 6.78. The van der Waals surface area contributed by atoms with Gasteiger partial charge < -0.3 is 10.5 Å². The molecule has 1 aromatic carbocycles. The summed E-state index contributed by atoms with van der Waals surface area (Å²) >= 11 is 0. The largest absolute Gasteiger partial charge is 0.465 e. The summed E-state index contributed by atoms with van der Waals surface area (Å²) in [5.41, 5.74) is 7.05. The molecular formula is C15H23NO2. The highest BCUT2D eigenvalue weighted by molar-refractivity contribution is 5.75. The summed E-state index contributed by atoms with van der Waals surface area (Å²) in [6.07, 6.45) is 1.37. The standard InChI is InChI=1S/C15H23NO2/c1-15(2,3)9-10-18-14(17)13(16)11-12-7-5-4-6-8-12/h4-8,13H,9-11,16H2,1-3H3. The van der Waals surface area contributed by atoms with Crippen molar-refractivity contribution in [1.82, 2.24) is 0 Å². The Balaban J connectivity index is 2.34. The second kappa shape index (κ2) is 6.55. The maximum atomic E-state index is 11.7. The molecule has 0 radical (unpaired) electrons. The van der Waals surface area contributed by atoms with Crippen LogP contribution in [0.15, 0.2) is 30.3 Å². The number of carbonyl (C=O) groups excluding carboxylic acids is 1. The quantitative estimate of drug-likeness (QED) is 0.816. The molecule has 18 heavy (non-hydrogen) atoms. The average Bonchev–Trinajstić information content (AvgIpc) is 2.28. The Labute approximate surface area is 109 Å². The molecule has 0 amide bonds. The zero-order valence-corrected chi connectivity index (χ0v) is 11.5. The number of hydrogen-bond acceptors (Lipinski definition) is 3. The zero-order chi connectivity index (χ0) is 13.6. The third kappa shape index (κ3) is 5.82. The lowest BCUT2D eigenvalue weighted by molar-refractivity contribution is -0.145. The van der Waals surface area contributed by atoms with E-state index in [4.69, 9.17) is 10.5 Å². The normalized spacial score (nSPS) is 13.1.